The molecule has 2 aliphatic heterocycles. The number of benzene rings is 1. The van der Waals surface area contributed by atoms with Crippen molar-refractivity contribution in [2.45, 2.75) is 69.2 Å². The summed E-state index contributed by atoms with van der Waals surface area (Å²) in [7, 11) is 0. The second-order valence-electron chi connectivity index (χ2n) is 7.79. The molecule has 0 amide bonds. The van der Waals surface area contributed by atoms with E-state index < -0.39 is 0 Å². The number of fused-ring (bicyclic) bond motifs is 2. The molecule has 2 bridgehead atoms. The first kappa shape index (κ1) is 17.1. The van der Waals surface area contributed by atoms with Gasteiger partial charge >= 0.3 is 0 Å². The molecule has 1 aromatic carbocycles. The van der Waals surface area contributed by atoms with Gasteiger partial charge in [0.15, 0.2) is 0 Å². The van der Waals surface area contributed by atoms with E-state index in [-0.39, 0.29) is 0 Å². The summed E-state index contributed by atoms with van der Waals surface area (Å²) < 4.78 is 12.1. The molecule has 2 atom stereocenters. The van der Waals surface area contributed by atoms with Gasteiger partial charge in [0.25, 0.3) is 0 Å². The van der Waals surface area contributed by atoms with Crippen LogP contribution < -0.4 is 5.32 Å². The molecule has 2 aromatic rings. The Morgan fingerprint density at radius 1 is 1.08 bits per heavy atom. The Kier molecular flexibility index (Phi) is 4.48. The van der Waals surface area contributed by atoms with Gasteiger partial charge in [0.1, 0.15) is 11.5 Å². The molecular formula is C20H22Cl2N2O2. The molecule has 2 saturated heterocycles. The zero-order valence-corrected chi connectivity index (χ0v) is 16.0. The highest BCUT2D eigenvalue weighted by Crippen LogP contribution is 2.46. The van der Waals surface area contributed by atoms with Gasteiger partial charge in [0, 0.05) is 29.1 Å². The molecule has 3 heterocycles. The van der Waals surface area contributed by atoms with Gasteiger partial charge in [-0.15, -0.1) is 0 Å². The monoisotopic (exact) mass is 392 g/mol. The standard InChI is InChI=1S/C20H22Cl2N2O2/c21-16-2-1-3-17(22)18(16)19-15(20(26-24-19)11-4-5-11)10-25-14-8-12-6-7-13(9-14)23-12/h1-3,11-14,23H,4-10H2. The molecule has 26 heavy (non-hydrogen) atoms. The number of nitrogens with zero attached hydrogens (tertiary/aromatic N) is 1. The smallest absolute Gasteiger partial charge is 0.145 e. The minimum absolute atomic E-state index is 0.297. The number of aromatic nitrogens is 1. The van der Waals surface area contributed by atoms with Crippen molar-refractivity contribution >= 4 is 23.2 Å². The first-order valence-electron chi connectivity index (χ1n) is 9.49. The first-order chi connectivity index (χ1) is 12.7. The van der Waals surface area contributed by atoms with Crippen molar-refractivity contribution in [2.24, 2.45) is 0 Å². The molecule has 2 unspecified atom stereocenters. The van der Waals surface area contributed by atoms with Gasteiger partial charge in [-0.2, -0.15) is 0 Å². The zero-order chi connectivity index (χ0) is 17.7. The molecule has 4 nitrogen and oxygen atoms in total. The van der Waals surface area contributed by atoms with Crippen molar-refractivity contribution in [3.63, 3.8) is 0 Å². The largest absolute Gasteiger partial charge is 0.373 e. The Labute approximate surface area is 163 Å². The highest BCUT2D eigenvalue weighted by molar-refractivity contribution is 6.39. The normalized spacial score (nSPS) is 27.8. The van der Waals surface area contributed by atoms with E-state index in [0.717, 1.165) is 48.3 Å². The Balaban J connectivity index is 1.42. The molecular weight excluding hydrogens is 371 g/mol. The zero-order valence-electron chi connectivity index (χ0n) is 14.5. The molecule has 138 valence electrons. The van der Waals surface area contributed by atoms with Crippen LogP contribution in [0.3, 0.4) is 0 Å². The minimum Gasteiger partial charge on any atom is -0.373 e. The Bertz CT molecular complexity index is 786. The molecule has 6 heteroatoms. The van der Waals surface area contributed by atoms with Crippen LogP contribution in [0.2, 0.25) is 10.0 Å². The van der Waals surface area contributed by atoms with Crippen molar-refractivity contribution in [1.29, 1.82) is 0 Å². The maximum absolute atomic E-state index is 6.42. The van der Waals surface area contributed by atoms with Crippen molar-refractivity contribution in [1.82, 2.24) is 10.5 Å². The number of rotatable bonds is 5. The van der Waals surface area contributed by atoms with E-state index in [4.69, 9.17) is 32.5 Å². The van der Waals surface area contributed by atoms with Crippen LogP contribution in [-0.4, -0.2) is 23.3 Å². The number of hydrogen-bond donors (Lipinski definition) is 1. The first-order valence-corrected chi connectivity index (χ1v) is 10.2. The van der Waals surface area contributed by atoms with E-state index in [9.17, 15) is 0 Å². The second kappa shape index (κ2) is 6.83. The van der Waals surface area contributed by atoms with E-state index in [0.29, 0.717) is 40.8 Å². The Morgan fingerprint density at radius 3 is 2.42 bits per heavy atom. The number of hydrogen-bond acceptors (Lipinski definition) is 4. The molecule has 1 aromatic heterocycles. The van der Waals surface area contributed by atoms with Gasteiger partial charge in [0.05, 0.1) is 22.8 Å². The van der Waals surface area contributed by atoms with Gasteiger partial charge in [-0.3, -0.25) is 0 Å². The summed E-state index contributed by atoms with van der Waals surface area (Å²) >= 11 is 12.8. The lowest BCUT2D eigenvalue weighted by Crippen LogP contribution is -2.41. The van der Waals surface area contributed by atoms with Crippen molar-refractivity contribution in [3.8, 4) is 11.3 Å². The molecule has 3 aliphatic rings. The molecule has 5 rings (SSSR count). The quantitative estimate of drug-likeness (QED) is 0.746. The lowest BCUT2D eigenvalue weighted by Gasteiger charge is -2.29. The van der Waals surface area contributed by atoms with Crippen LogP contribution in [0.25, 0.3) is 11.3 Å². The van der Waals surface area contributed by atoms with Crippen LogP contribution in [0.4, 0.5) is 0 Å². The fraction of sp³-hybridized carbons (Fsp3) is 0.550. The van der Waals surface area contributed by atoms with Crippen LogP contribution >= 0.6 is 23.2 Å². The van der Waals surface area contributed by atoms with Crippen LogP contribution in [0.1, 0.15) is 55.8 Å². The number of ether oxygens (including phenoxy) is 1. The predicted molar refractivity (Wildman–Crippen MR) is 102 cm³/mol. The van der Waals surface area contributed by atoms with E-state index in [1.54, 1.807) is 0 Å². The maximum Gasteiger partial charge on any atom is 0.145 e. The molecule has 3 fully saturated rings. The summed E-state index contributed by atoms with van der Waals surface area (Å²) in [5.41, 5.74) is 2.50. The molecule has 0 radical (unpaired) electrons. The van der Waals surface area contributed by atoms with Crippen LogP contribution in [0, 0.1) is 0 Å². The van der Waals surface area contributed by atoms with E-state index >= 15 is 0 Å². The van der Waals surface area contributed by atoms with Gasteiger partial charge in [-0.05, 0) is 50.7 Å². The van der Waals surface area contributed by atoms with Gasteiger partial charge in [-0.25, -0.2) is 0 Å². The van der Waals surface area contributed by atoms with Crippen LogP contribution in [0.15, 0.2) is 22.7 Å². The van der Waals surface area contributed by atoms with E-state index in [2.05, 4.69) is 10.5 Å². The Hall–Kier alpha value is -1.07. The average molecular weight is 393 g/mol. The van der Waals surface area contributed by atoms with E-state index in [1.165, 1.54) is 12.8 Å². The fourth-order valence-corrected chi connectivity index (χ4v) is 4.97. The summed E-state index contributed by atoms with van der Waals surface area (Å²) in [5.74, 6) is 1.41. The van der Waals surface area contributed by atoms with Crippen LogP contribution in [0.5, 0.6) is 0 Å². The summed E-state index contributed by atoms with van der Waals surface area (Å²) in [5, 5.41) is 9.18. The number of halogens is 2. The maximum atomic E-state index is 6.42. The average Bonchev–Trinajstić information content (AvgIpc) is 3.30. The summed E-state index contributed by atoms with van der Waals surface area (Å²) in [6, 6.07) is 6.74. The van der Waals surface area contributed by atoms with Crippen molar-refractivity contribution < 1.29 is 9.26 Å². The van der Waals surface area contributed by atoms with Crippen molar-refractivity contribution in [3.05, 3.63) is 39.6 Å². The van der Waals surface area contributed by atoms with Crippen molar-refractivity contribution in [2.75, 3.05) is 0 Å². The number of nitrogens with one attached hydrogen (secondary N) is 1. The lowest BCUT2D eigenvalue weighted by atomic mass is 10.0. The topological polar surface area (TPSA) is 47.3 Å². The van der Waals surface area contributed by atoms with Gasteiger partial charge in [0.2, 0.25) is 0 Å². The Morgan fingerprint density at radius 2 is 1.77 bits per heavy atom. The van der Waals surface area contributed by atoms with Gasteiger partial charge < -0.3 is 14.6 Å². The highest BCUT2D eigenvalue weighted by atomic mass is 35.5. The molecule has 1 N–H and O–H groups in total. The molecule has 1 aliphatic carbocycles. The van der Waals surface area contributed by atoms with Gasteiger partial charge in [-0.1, -0.05) is 34.4 Å². The summed E-state index contributed by atoms with van der Waals surface area (Å²) in [6.07, 6.45) is 7.30. The second-order valence-corrected chi connectivity index (χ2v) is 8.60. The SMILES string of the molecule is Clc1cccc(Cl)c1-c1noc(C2CC2)c1COC1CC2CCC(C1)N2. The third kappa shape index (κ3) is 3.18. The predicted octanol–water partition coefficient (Wildman–Crippen LogP) is 5.33. The third-order valence-electron chi connectivity index (χ3n) is 5.86. The highest BCUT2D eigenvalue weighted by Gasteiger charge is 2.36. The summed E-state index contributed by atoms with van der Waals surface area (Å²) in [4.78, 5) is 0. The minimum atomic E-state index is 0.297. The molecule has 1 saturated carbocycles. The van der Waals surface area contributed by atoms with E-state index in [1.807, 2.05) is 18.2 Å². The fourth-order valence-electron chi connectivity index (χ4n) is 4.39. The summed E-state index contributed by atoms with van der Waals surface area (Å²) in [6.45, 7) is 0.510. The molecule has 0 spiro atoms. The third-order valence-corrected chi connectivity index (χ3v) is 6.49. The van der Waals surface area contributed by atoms with Crippen LogP contribution in [-0.2, 0) is 11.3 Å². The lowest BCUT2D eigenvalue weighted by molar-refractivity contribution is 0.00876. The number of piperidine rings is 1.